The van der Waals surface area contributed by atoms with Gasteiger partial charge in [-0.2, -0.15) is 0 Å². The molecule has 2 heteroatoms. The van der Waals surface area contributed by atoms with Gasteiger partial charge < -0.3 is 4.74 Å². The Bertz CT molecular complexity index is 79.8. The Morgan fingerprint density at radius 3 is 3.00 bits per heavy atom. The van der Waals surface area contributed by atoms with Gasteiger partial charge in [0.1, 0.15) is 12.7 Å². The molecule has 1 radical (unpaired) electrons. The molecule has 0 aliphatic carbocycles. The van der Waals surface area contributed by atoms with Gasteiger partial charge in [-0.15, -0.1) is 0 Å². The van der Waals surface area contributed by atoms with E-state index in [1.807, 2.05) is 0 Å². The van der Waals surface area contributed by atoms with Gasteiger partial charge in [0.05, 0.1) is 0 Å². The standard InChI is InChI=1S/C5H6FO/c1-2-7-5-3-4-6/h2H,4H2,1H3. The minimum Gasteiger partial charge on any atom is -0.440 e. The Balaban J connectivity index is 2.91. The molecular formula is C5H6FO. The number of rotatable bonds is 1. The summed E-state index contributed by atoms with van der Waals surface area (Å²) in [6, 6.07) is 0. The molecule has 7 heavy (non-hydrogen) atoms. The van der Waals surface area contributed by atoms with Crippen molar-refractivity contribution in [1.82, 2.24) is 0 Å². The minimum atomic E-state index is -0.645. The lowest BCUT2D eigenvalue weighted by atomic mass is 10.8. The lowest BCUT2D eigenvalue weighted by molar-refractivity contribution is 0.373. The van der Waals surface area contributed by atoms with Crippen molar-refractivity contribution in [2.75, 3.05) is 6.67 Å². The average molecular weight is 101 g/mol. The summed E-state index contributed by atoms with van der Waals surface area (Å²) in [6.07, 6.45) is 2.10. The highest BCUT2D eigenvalue weighted by Gasteiger charge is 1.65. The first-order valence-corrected chi connectivity index (χ1v) is 1.89. The molecule has 0 aliphatic heterocycles. The Morgan fingerprint density at radius 1 is 1.86 bits per heavy atom. The summed E-state index contributed by atoms with van der Waals surface area (Å²) in [6.45, 7) is 2.42. The first kappa shape index (κ1) is 6.29. The van der Waals surface area contributed by atoms with E-state index in [2.05, 4.69) is 16.8 Å². The van der Waals surface area contributed by atoms with E-state index in [0.29, 0.717) is 0 Å². The highest BCUT2D eigenvalue weighted by atomic mass is 19.1. The molecule has 0 aliphatic rings. The first-order valence-electron chi connectivity index (χ1n) is 1.89. The van der Waals surface area contributed by atoms with E-state index in [1.54, 1.807) is 6.92 Å². The van der Waals surface area contributed by atoms with Crippen LogP contribution in [0.3, 0.4) is 0 Å². The van der Waals surface area contributed by atoms with Crippen LogP contribution in [0, 0.1) is 18.6 Å². The SMILES string of the molecule is C[CH]OC#CCF. The molecule has 0 fully saturated rings. The number of hydrogen-bond acceptors (Lipinski definition) is 1. The van der Waals surface area contributed by atoms with Crippen molar-refractivity contribution >= 4 is 0 Å². The third-order valence-corrected chi connectivity index (χ3v) is 0.316. The predicted octanol–water partition coefficient (Wildman–Crippen LogP) is 1.12. The summed E-state index contributed by atoms with van der Waals surface area (Å²) < 4.78 is 15.4. The van der Waals surface area contributed by atoms with Gasteiger partial charge in [0.2, 0.25) is 0 Å². The van der Waals surface area contributed by atoms with Crippen molar-refractivity contribution in [3.05, 3.63) is 6.61 Å². The van der Waals surface area contributed by atoms with Crippen LogP contribution in [0.5, 0.6) is 0 Å². The van der Waals surface area contributed by atoms with Gasteiger partial charge in [-0.25, -0.2) is 4.39 Å². The van der Waals surface area contributed by atoms with Crippen molar-refractivity contribution in [1.29, 1.82) is 0 Å². The van der Waals surface area contributed by atoms with Crippen molar-refractivity contribution in [3.8, 4) is 12.0 Å². The fourth-order valence-electron chi connectivity index (χ4n) is 0.128. The van der Waals surface area contributed by atoms with Crippen LogP contribution in [0.4, 0.5) is 4.39 Å². The van der Waals surface area contributed by atoms with E-state index in [1.165, 1.54) is 6.61 Å². The van der Waals surface area contributed by atoms with Gasteiger partial charge in [-0.1, -0.05) is 0 Å². The van der Waals surface area contributed by atoms with E-state index < -0.39 is 6.67 Å². The quantitative estimate of drug-likeness (QED) is 0.449. The van der Waals surface area contributed by atoms with Crippen LogP contribution in [0.1, 0.15) is 6.92 Å². The molecule has 0 aromatic heterocycles. The average Bonchev–Trinajstić information content (AvgIpc) is 1.69. The lowest BCUT2D eigenvalue weighted by Gasteiger charge is -1.80. The Morgan fingerprint density at radius 2 is 2.57 bits per heavy atom. The second-order valence-electron chi connectivity index (χ2n) is 0.766. The normalized spacial score (nSPS) is 6.57. The molecule has 0 saturated carbocycles. The maximum Gasteiger partial charge on any atom is 0.153 e. The largest absolute Gasteiger partial charge is 0.440 e. The van der Waals surface area contributed by atoms with Gasteiger partial charge in [0.15, 0.2) is 6.67 Å². The molecule has 0 unspecified atom stereocenters. The minimum absolute atomic E-state index is 0.645. The summed E-state index contributed by atoms with van der Waals surface area (Å²) in [4.78, 5) is 0. The van der Waals surface area contributed by atoms with Crippen molar-refractivity contribution in [2.24, 2.45) is 0 Å². The molecule has 0 N–H and O–H groups in total. The molecule has 0 rings (SSSR count). The van der Waals surface area contributed by atoms with Crippen molar-refractivity contribution < 1.29 is 9.13 Å². The molecule has 0 heterocycles. The number of hydrogen-bond donors (Lipinski definition) is 0. The summed E-state index contributed by atoms with van der Waals surface area (Å²) in [5.41, 5.74) is 0. The van der Waals surface area contributed by atoms with Crippen LogP contribution in [0.15, 0.2) is 0 Å². The second kappa shape index (κ2) is 5.29. The molecule has 0 aromatic carbocycles. The summed E-state index contributed by atoms with van der Waals surface area (Å²) >= 11 is 0. The second-order valence-corrected chi connectivity index (χ2v) is 0.766. The van der Waals surface area contributed by atoms with Crippen LogP contribution < -0.4 is 0 Å². The van der Waals surface area contributed by atoms with E-state index in [-0.39, 0.29) is 0 Å². The van der Waals surface area contributed by atoms with Gasteiger partial charge in [-0.05, 0) is 12.8 Å². The van der Waals surface area contributed by atoms with Crippen molar-refractivity contribution in [2.45, 2.75) is 6.92 Å². The Labute approximate surface area is 42.5 Å². The number of ether oxygens (including phenoxy) is 1. The topological polar surface area (TPSA) is 9.23 Å². The molecule has 0 amide bonds. The van der Waals surface area contributed by atoms with Crippen LogP contribution >= 0.6 is 0 Å². The van der Waals surface area contributed by atoms with Crippen LogP contribution in [0.2, 0.25) is 0 Å². The third kappa shape index (κ3) is 5.29. The monoisotopic (exact) mass is 101 g/mol. The molecular weight excluding hydrogens is 95.1 g/mol. The highest BCUT2D eigenvalue weighted by molar-refractivity contribution is 4.91. The first-order chi connectivity index (χ1) is 3.41. The van der Waals surface area contributed by atoms with E-state index in [0.717, 1.165) is 0 Å². The molecule has 1 nitrogen and oxygen atoms in total. The van der Waals surface area contributed by atoms with Gasteiger partial charge in [0.25, 0.3) is 0 Å². The molecule has 0 atom stereocenters. The Hall–Kier alpha value is -0.710. The van der Waals surface area contributed by atoms with Crippen LogP contribution in [0.25, 0.3) is 0 Å². The van der Waals surface area contributed by atoms with Crippen molar-refractivity contribution in [3.63, 3.8) is 0 Å². The summed E-state index contributed by atoms with van der Waals surface area (Å²) in [5.74, 6) is 2.08. The predicted molar refractivity (Wildman–Crippen MR) is 24.8 cm³/mol. The van der Waals surface area contributed by atoms with Gasteiger partial charge >= 0.3 is 0 Å². The van der Waals surface area contributed by atoms with Crippen LogP contribution in [-0.4, -0.2) is 6.67 Å². The fourth-order valence-corrected chi connectivity index (χ4v) is 0.128. The summed E-state index contributed by atoms with van der Waals surface area (Å²) in [7, 11) is 0. The molecule has 39 valence electrons. The smallest absolute Gasteiger partial charge is 0.153 e. The lowest BCUT2D eigenvalue weighted by Crippen LogP contribution is -1.69. The maximum absolute atomic E-state index is 11.0. The molecule has 0 bridgehead atoms. The maximum atomic E-state index is 11.0. The highest BCUT2D eigenvalue weighted by Crippen LogP contribution is 1.71. The van der Waals surface area contributed by atoms with E-state index in [4.69, 9.17) is 0 Å². The van der Waals surface area contributed by atoms with E-state index in [9.17, 15) is 4.39 Å². The van der Waals surface area contributed by atoms with E-state index >= 15 is 0 Å². The Kier molecular flexibility index (Phi) is 4.75. The number of halogens is 1. The zero-order valence-corrected chi connectivity index (χ0v) is 4.07. The molecule has 0 spiro atoms. The zero-order chi connectivity index (χ0) is 5.54. The zero-order valence-electron chi connectivity index (χ0n) is 4.07. The molecule has 0 aromatic rings. The van der Waals surface area contributed by atoms with Crippen LogP contribution in [-0.2, 0) is 4.74 Å². The fraction of sp³-hybridized carbons (Fsp3) is 0.400. The number of alkyl halides is 1. The van der Waals surface area contributed by atoms with Gasteiger partial charge in [0, 0.05) is 0 Å². The van der Waals surface area contributed by atoms with Gasteiger partial charge in [-0.3, -0.25) is 0 Å². The third-order valence-electron chi connectivity index (χ3n) is 0.316. The molecule has 0 saturated heterocycles. The summed E-state index contributed by atoms with van der Waals surface area (Å²) in [5, 5.41) is 0.